The van der Waals surface area contributed by atoms with Gasteiger partial charge in [0, 0.05) is 11.9 Å². The third-order valence-electron chi connectivity index (χ3n) is 3.38. The largest absolute Gasteiger partial charge is 0.355 e. The molecule has 0 radical (unpaired) electrons. The van der Waals surface area contributed by atoms with Crippen molar-refractivity contribution in [3.63, 3.8) is 0 Å². The molecule has 0 bridgehead atoms. The number of hydrogen-bond acceptors (Lipinski definition) is 1. The molecule has 2 atom stereocenters. The third-order valence-corrected chi connectivity index (χ3v) is 3.96. The first-order chi connectivity index (χ1) is 8.65. The number of amides is 1. The summed E-state index contributed by atoms with van der Waals surface area (Å²) in [4.78, 5) is 11.7. The average molecular weight is 270 g/mol. The van der Waals surface area contributed by atoms with Crippen molar-refractivity contribution >= 4 is 17.5 Å². The van der Waals surface area contributed by atoms with Crippen LogP contribution >= 0.6 is 11.6 Å². The van der Waals surface area contributed by atoms with Crippen molar-refractivity contribution in [2.45, 2.75) is 31.1 Å². The van der Waals surface area contributed by atoms with E-state index in [1.165, 1.54) is 12.1 Å². The van der Waals surface area contributed by atoms with Gasteiger partial charge in [0.1, 0.15) is 5.82 Å². The summed E-state index contributed by atoms with van der Waals surface area (Å²) in [6.45, 7) is 0.627. The molecule has 0 spiro atoms. The van der Waals surface area contributed by atoms with Crippen molar-refractivity contribution in [2.75, 3.05) is 6.54 Å². The van der Waals surface area contributed by atoms with Crippen LogP contribution in [0.2, 0.25) is 0 Å². The second kappa shape index (κ2) is 6.19. The molecule has 2 nitrogen and oxygen atoms in total. The molecule has 1 saturated carbocycles. The van der Waals surface area contributed by atoms with Crippen LogP contribution in [0, 0.1) is 11.7 Å². The normalized spacial score (nSPS) is 23.0. The van der Waals surface area contributed by atoms with E-state index in [-0.39, 0.29) is 23.5 Å². The van der Waals surface area contributed by atoms with Gasteiger partial charge in [-0.25, -0.2) is 4.39 Å². The second-order valence-corrected chi connectivity index (χ2v) is 5.38. The van der Waals surface area contributed by atoms with Crippen LogP contribution in [0.25, 0.3) is 0 Å². The zero-order valence-electron chi connectivity index (χ0n) is 10.2. The van der Waals surface area contributed by atoms with Crippen LogP contribution in [-0.2, 0) is 11.2 Å². The van der Waals surface area contributed by atoms with E-state index >= 15 is 0 Å². The van der Waals surface area contributed by atoms with E-state index in [0.29, 0.717) is 18.0 Å². The van der Waals surface area contributed by atoms with Gasteiger partial charge < -0.3 is 5.32 Å². The molecule has 1 amide bonds. The Balaban J connectivity index is 1.78. The maximum atomic E-state index is 13.0. The molecule has 1 aliphatic rings. The molecule has 0 heterocycles. The SMILES string of the molecule is O=C(Cc1cccc(F)c1)NCC1CCCC1Cl. The molecule has 0 aromatic heterocycles. The molecule has 4 heteroatoms. The predicted octanol–water partition coefficient (Wildman–Crippen LogP) is 2.89. The van der Waals surface area contributed by atoms with Crippen molar-refractivity contribution in [2.24, 2.45) is 5.92 Å². The Kier molecular flexibility index (Phi) is 4.59. The number of rotatable bonds is 4. The Morgan fingerprint density at radius 1 is 1.44 bits per heavy atom. The summed E-state index contributed by atoms with van der Waals surface area (Å²) in [7, 11) is 0. The Morgan fingerprint density at radius 3 is 2.94 bits per heavy atom. The molecule has 1 fully saturated rings. The highest BCUT2D eigenvalue weighted by Crippen LogP contribution is 2.29. The van der Waals surface area contributed by atoms with Gasteiger partial charge in [0.15, 0.2) is 0 Å². The fraction of sp³-hybridized carbons (Fsp3) is 0.500. The minimum absolute atomic E-state index is 0.0728. The minimum Gasteiger partial charge on any atom is -0.355 e. The summed E-state index contributed by atoms with van der Waals surface area (Å²) in [6, 6.07) is 6.13. The first kappa shape index (κ1) is 13.3. The first-order valence-electron chi connectivity index (χ1n) is 6.30. The number of hydrogen-bond donors (Lipinski definition) is 1. The molecule has 1 N–H and O–H groups in total. The summed E-state index contributed by atoms with van der Waals surface area (Å²) in [5.74, 6) is -0.00333. The fourth-order valence-electron chi connectivity index (χ4n) is 2.36. The van der Waals surface area contributed by atoms with Gasteiger partial charge >= 0.3 is 0 Å². The van der Waals surface area contributed by atoms with Crippen LogP contribution in [-0.4, -0.2) is 17.8 Å². The topological polar surface area (TPSA) is 29.1 Å². The van der Waals surface area contributed by atoms with Crippen molar-refractivity contribution in [1.29, 1.82) is 0 Å². The number of nitrogens with one attached hydrogen (secondary N) is 1. The van der Waals surface area contributed by atoms with Gasteiger partial charge in [-0.3, -0.25) is 4.79 Å². The van der Waals surface area contributed by atoms with Crippen molar-refractivity contribution in [1.82, 2.24) is 5.32 Å². The van der Waals surface area contributed by atoms with Gasteiger partial charge in [-0.05, 0) is 36.5 Å². The van der Waals surface area contributed by atoms with Gasteiger partial charge in [-0.15, -0.1) is 11.6 Å². The Hall–Kier alpha value is -1.09. The Labute approximate surface area is 112 Å². The van der Waals surface area contributed by atoms with Gasteiger partial charge in [0.25, 0.3) is 0 Å². The lowest BCUT2D eigenvalue weighted by Gasteiger charge is -2.14. The lowest BCUT2D eigenvalue weighted by Crippen LogP contribution is -2.32. The maximum absolute atomic E-state index is 13.0. The van der Waals surface area contributed by atoms with Crippen LogP contribution in [0.4, 0.5) is 4.39 Å². The number of carbonyl (C=O) groups excluding carboxylic acids is 1. The van der Waals surface area contributed by atoms with E-state index < -0.39 is 0 Å². The van der Waals surface area contributed by atoms with Gasteiger partial charge in [-0.1, -0.05) is 18.6 Å². The van der Waals surface area contributed by atoms with Crippen LogP contribution in [0.5, 0.6) is 0 Å². The first-order valence-corrected chi connectivity index (χ1v) is 6.74. The van der Waals surface area contributed by atoms with Crippen LogP contribution in [0.1, 0.15) is 24.8 Å². The van der Waals surface area contributed by atoms with E-state index in [0.717, 1.165) is 19.3 Å². The summed E-state index contributed by atoms with van der Waals surface area (Å²) in [5.41, 5.74) is 0.696. The van der Waals surface area contributed by atoms with Crippen molar-refractivity contribution < 1.29 is 9.18 Å². The van der Waals surface area contributed by atoms with Crippen LogP contribution in [0.3, 0.4) is 0 Å². The molecule has 18 heavy (non-hydrogen) atoms. The van der Waals surface area contributed by atoms with Crippen molar-refractivity contribution in [3.8, 4) is 0 Å². The number of halogens is 2. The molecule has 0 aliphatic heterocycles. The highest BCUT2D eigenvalue weighted by Gasteiger charge is 2.25. The van der Waals surface area contributed by atoms with Gasteiger partial charge in [-0.2, -0.15) is 0 Å². The lowest BCUT2D eigenvalue weighted by atomic mass is 10.1. The van der Waals surface area contributed by atoms with Crippen molar-refractivity contribution in [3.05, 3.63) is 35.6 Å². The molecule has 1 aromatic carbocycles. The summed E-state index contributed by atoms with van der Waals surface area (Å²) in [6.07, 6.45) is 3.47. The molecule has 2 unspecified atom stereocenters. The van der Waals surface area contributed by atoms with Gasteiger partial charge in [0.2, 0.25) is 5.91 Å². The molecule has 1 aromatic rings. The molecule has 98 valence electrons. The number of alkyl halides is 1. The monoisotopic (exact) mass is 269 g/mol. The molecular weight excluding hydrogens is 253 g/mol. The Bertz CT molecular complexity index is 424. The van der Waals surface area contributed by atoms with Crippen LogP contribution in [0.15, 0.2) is 24.3 Å². The van der Waals surface area contributed by atoms with E-state index in [9.17, 15) is 9.18 Å². The summed E-state index contributed by atoms with van der Waals surface area (Å²) < 4.78 is 13.0. The highest BCUT2D eigenvalue weighted by atomic mass is 35.5. The standard InChI is InChI=1S/C14H17ClFNO/c15-13-6-2-4-11(13)9-17-14(18)8-10-3-1-5-12(16)7-10/h1,3,5,7,11,13H,2,4,6,8-9H2,(H,17,18). The van der Waals surface area contributed by atoms with E-state index in [2.05, 4.69) is 5.32 Å². The minimum atomic E-state index is -0.308. The number of benzene rings is 1. The van der Waals surface area contributed by atoms with Gasteiger partial charge in [0.05, 0.1) is 6.42 Å². The maximum Gasteiger partial charge on any atom is 0.224 e. The average Bonchev–Trinajstić information content (AvgIpc) is 2.72. The lowest BCUT2D eigenvalue weighted by molar-refractivity contribution is -0.120. The summed E-state index contributed by atoms with van der Waals surface area (Å²) in [5, 5.41) is 3.06. The van der Waals surface area contributed by atoms with Crippen LogP contribution < -0.4 is 5.32 Å². The number of carbonyl (C=O) groups is 1. The van der Waals surface area contributed by atoms with E-state index in [1.807, 2.05) is 0 Å². The smallest absolute Gasteiger partial charge is 0.224 e. The highest BCUT2D eigenvalue weighted by molar-refractivity contribution is 6.20. The van der Waals surface area contributed by atoms with E-state index in [1.54, 1.807) is 12.1 Å². The predicted molar refractivity (Wildman–Crippen MR) is 70.1 cm³/mol. The third kappa shape index (κ3) is 3.70. The second-order valence-electron chi connectivity index (χ2n) is 4.82. The fourth-order valence-corrected chi connectivity index (χ4v) is 2.73. The molecular formula is C14H17ClFNO. The molecule has 0 saturated heterocycles. The zero-order valence-corrected chi connectivity index (χ0v) is 10.9. The van der Waals surface area contributed by atoms with E-state index in [4.69, 9.17) is 11.6 Å². The summed E-state index contributed by atoms with van der Waals surface area (Å²) >= 11 is 6.14. The Morgan fingerprint density at radius 2 is 2.28 bits per heavy atom. The quantitative estimate of drug-likeness (QED) is 0.837. The molecule has 2 rings (SSSR count). The molecule has 1 aliphatic carbocycles. The zero-order chi connectivity index (χ0) is 13.0.